The highest BCUT2D eigenvalue weighted by Gasteiger charge is 2.29. The predicted octanol–water partition coefficient (Wildman–Crippen LogP) is 0.420. The van der Waals surface area contributed by atoms with Gasteiger partial charge >= 0.3 is 0 Å². The first-order valence-corrected chi connectivity index (χ1v) is 6.55. The summed E-state index contributed by atoms with van der Waals surface area (Å²) < 4.78 is 0. The Labute approximate surface area is 119 Å². The average molecular weight is 287 g/mol. The number of nitroso groups, excluding NO2 is 1. The molecule has 0 aromatic rings. The zero-order chi connectivity index (χ0) is 15.8. The zero-order valence-electron chi connectivity index (χ0n) is 12.7. The number of aliphatic hydroxyl groups is 1. The molecule has 0 fully saturated rings. The van der Waals surface area contributed by atoms with E-state index in [9.17, 15) is 14.5 Å². The van der Waals surface area contributed by atoms with Gasteiger partial charge in [0.1, 0.15) is 6.61 Å². The van der Waals surface area contributed by atoms with E-state index in [1.54, 1.807) is 0 Å². The van der Waals surface area contributed by atoms with Gasteiger partial charge in [-0.15, -0.1) is 0 Å². The first-order valence-electron chi connectivity index (χ1n) is 6.55. The van der Waals surface area contributed by atoms with E-state index in [4.69, 9.17) is 5.11 Å². The molecule has 0 radical (unpaired) electrons. The molecule has 7 heteroatoms. The van der Waals surface area contributed by atoms with Crippen molar-refractivity contribution in [2.24, 2.45) is 16.0 Å². The first-order chi connectivity index (χ1) is 9.12. The molecule has 3 N–H and O–H groups in total. The van der Waals surface area contributed by atoms with E-state index in [0.717, 1.165) is 6.42 Å². The molecule has 0 aliphatic carbocycles. The van der Waals surface area contributed by atoms with Gasteiger partial charge in [-0.05, 0) is 17.3 Å². The number of nitrogens with one attached hydrogen (secondary N) is 2. The third-order valence-electron chi connectivity index (χ3n) is 2.84. The number of hydrogen-bond donors (Lipinski definition) is 3. The van der Waals surface area contributed by atoms with Crippen molar-refractivity contribution in [1.82, 2.24) is 10.6 Å². The number of carbonyl (C=O) groups excluding carboxylic acids is 2. The second kappa shape index (κ2) is 7.94. The van der Waals surface area contributed by atoms with Crippen LogP contribution in [0.2, 0.25) is 0 Å². The van der Waals surface area contributed by atoms with E-state index < -0.39 is 12.5 Å². The average Bonchev–Trinajstić information content (AvgIpc) is 2.33. The van der Waals surface area contributed by atoms with Crippen LogP contribution in [0.15, 0.2) is 5.18 Å². The summed E-state index contributed by atoms with van der Waals surface area (Å²) in [5, 5.41) is 16.5. The maximum atomic E-state index is 11.2. The van der Waals surface area contributed by atoms with Crippen molar-refractivity contribution >= 4 is 11.8 Å². The fraction of sp³-hybridized carbons (Fsp3) is 0.846. The minimum Gasteiger partial charge on any atom is -0.387 e. The van der Waals surface area contributed by atoms with Gasteiger partial charge in [0, 0.05) is 13.1 Å². The molecular weight excluding hydrogens is 262 g/mol. The van der Waals surface area contributed by atoms with Crippen molar-refractivity contribution in [2.45, 2.75) is 34.1 Å². The SMILES string of the molecule is CC(C)(CNC(=O)CO)CC(C)(C)CNC(=O)CN=O. The molecule has 0 unspecified atom stereocenters. The zero-order valence-corrected chi connectivity index (χ0v) is 12.7. The fourth-order valence-corrected chi connectivity index (χ4v) is 2.27. The van der Waals surface area contributed by atoms with Crippen LogP contribution >= 0.6 is 0 Å². The van der Waals surface area contributed by atoms with E-state index >= 15 is 0 Å². The second-order valence-electron chi connectivity index (χ2n) is 6.50. The molecule has 0 aliphatic rings. The van der Waals surface area contributed by atoms with E-state index in [2.05, 4.69) is 15.8 Å². The molecule has 0 bridgehead atoms. The topological polar surface area (TPSA) is 108 Å². The number of hydrogen-bond acceptors (Lipinski definition) is 5. The van der Waals surface area contributed by atoms with Crippen LogP contribution in [0.4, 0.5) is 0 Å². The number of amides is 2. The summed E-state index contributed by atoms with van der Waals surface area (Å²) in [5.74, 6) is -0.791. The summed E-state index contributed by atoms with van der Waals surface area (Å²) in [6.45, 7) is 7.98. The van der Waals surface area contributed by atoms with Crippen LogP contribution in [0, 0.1) is 15.7 Å². The molecule has 20 heavy (non-hydrogen) atoms. The number of rotatable bonds is 9. The molecule has 0 atom stereocenters. The Morgan fingerprint density at radius 3 is 1.85 bits per heavy atom. The summed E-state index contributed by atoms with van der Waals surface area (Å²) in [4.78, 5) is 32.2. The Kier molecular flexibility index (Phi) is 7.34. The third kappa shape index (κ3) is 8.58. The lowest BCUT2D eigenvalue weighted by Crippen LogP contribution is -2.41. The van der Waals surface area contributed by atoms with Crippen molar-refractivity contribution in [1.29, 1.82) is 0 Å². The molecular formula is C13H25N3O4. The maximum absolute atomic E-state index is 11.2. The molecule has 0 saturated carbocycles. The van der Waals surface area contributed by atoms with Crippen molar-refractivity contribution in [3.05, 3.63) is 4.91 Å². The number of carbonyl (C=O) groups is 2. The molecule has 0 saturated heterocycles. The number of nitrogens with zero attached hydrogens (tertiary/aromatic N) is 1. The van der Waals surface area contributed by atoms with E-state index in [0.29, 0.717) is 13.1 Å². The van der Waals surface area contributed by atoms with Crippen LogP contribution < -0.4 is 10.6 Å². The molecule has 0 heterocycles. The summed E-state index contributed by atoms with van der Waals surface area (Å²) in [6.07, 6.45) is 0.751. The van der Waals surface area contributed by atoms with Crippen molar-refractivity contribution < 1.29 is 14.7 Å². The smallest absolute Gasteiger partial charge is 0.245 e. The first kappa shape index (κ1) is 18.5. The Hall–Kier alpha value is -1.50. The highest BCUT2D eigenvalue weighted by molar-refractivity contribution is 5.78. The van der Waals surface area contributed by atoms with Gasteiger partial charge in [0.2, 0.25) is 11.8 Å². The standard InChI is InChI=1S/C13H25N3O4/c1-12(2,8-14-10(18)5-16-20)7-13(3,4)9-15-11(19)6-17/h17H,5-9H2,1-4H3,(H,14,18)(H,15,19). The second-order valence-corrected chi connectivity index (χ2v) is 6.50. The van der Waals surface area contributed by atoms with Gasteiger partial charge in [-0.3, -0.25) is 9.59 Å². The minimum absolute atomic E-state index is 0.179. The summed E-state index contributed by atoms with van der Waals surface area (Å²) in [6, 6.07) is 0. The maximum Gasteiger partial charge on any atom is 0.245 e. The van der Waals surface area contributed by atoms with Crippen molar-refractivity contribution in [3.8, 4) is 0 Å². The lowest BCUT2D eigenvalue weighted by atomic mass is 9.75. The fourth-order valence-electron chi connectivity index (χ4n) is 2.27. The van der Waals surface area contributed by atoms with Gasteiger partial charge in [0.25, 0.3) is 0 Å². The number of aliphatic hydroxyl groups excluding tert-OH is 1. The molecule has 0 spiro atoms. The van der Waals surface area contributed by atoms with Crippen molar-refractivity contribution in [3.63, 3.8) is 0 Å². The Balaban J connectivity index is 4.30. The molecule has 0 rings (SSSR count). The van der Waals surface area contributed by atoms with E-state index in [1.807, 2.05) is 27.7 Å². The Morgan fingerprint density at radius 1 is 1.00 bits per heavy atom. The summed E-state index contributed by atoms with van der Waals surface area (Å²) >= 11 is 0. The molecule has 0 aromatic carbocycles. The van der Waals surface area contributed by atoms with E-state index in [-0.39, 0.29) is 23.3 Å². The molecule has 0 aliphatic heterocycles. The molecule has 0 aromatic heterocycles. The van der Waals surface area contributed by atoms with Gasteiger partial charge in [0.15, 0.2) is 6.54 Å². The van der Waals surface area contributed by atoms with Crippen LogP contribution in [0.1, 0.15) is 34.1 Å². The summed E-state index contributed by atoms with van der Waals surface area (Å²) in [7, 11) is 0. The monoisotopic (exact) mass is 287 g/mol. The van der Waals surface area contributed by atoms with Crippen molar-refractivity contribution in [2.75, 3.05) is 26.2 Å². The van der Waals surface area contributed by atoms with Crippen LogP contribution in [0.25, 0.3) is 0 Å². The lowest BCUT2D eigenvalue weighted by Gasteiger charge is -2.35. The van der Waals surface area contributed by atoms with Gasteiger partial charge in [-0.25, -0.2) is 0 Å². The van der Waals surface area contributed by atoms with Gasteiger partial charge in [-0.2, -0.15) is 4.91 Å². The van der Waals surface area contributed by atoms with Crippen LogP contribution in [-0.4, -0.2) is 43.2 Å². The highest BCUT2D eigenvalue weighted by atomic mass is 16.3. The molecule has 2 amide bonds. The van der Waals surface area contributed by atoms with Crippen LogP contribution in [0.5, 0.6) is 0 Å². The van der Waals surface area contributed by atoms with Crippen LogP contribution in [0.3, 0.4) is 0 Å². The quantitative estimate of drug-likeness (QED) is 0.534. The summed E-state index contributed by atoms with van der Waals surface area (Å²) in [5.41, 5.74) is -0.367. The lowest BCUT2D eigenvalue weighted by molar-refractivity contribution is -0.124. The minimum atomic E-state index is -0.520. The Bertz CT molecular complexity index is 354. The van der Waals surface area contributed by atoms with E-state index in [1.165, 1.54) is 0 Å². The van der Waals surface area contributed by atoms with Crippen LogP contribution in [-0.2, 0) is 9.59 Å². The Morgan fingerprint density at radius 2 is 1.45 bits per heavy atom. The molecule has 116 valence electrons. The third-order valence-corrected chi connectivity index (χ3v) is 2.84. The molecule has 7 nitrogen and oxygen atoms in total. The normalized spacial score (nSPS) is 11.8. The largest absolute Gasteiger partial charge is 0.387 e. The van der Waals surface area contributed by atoms with Gasteiger partial charge < -0.3 is 15.7 Å². The van der Waals surface area contributed by atoms with Gasteiger partial charge in [-0.1, -0.05) is 32.9 Å². The highest BCUT2D eigenvalue weighted by Crippen LogP contribution is 2.32. The van der Waals surface area contributed by atoms with Gasteiger partial charge in [0.05, 0.1) is 0 Å². The predicted molar refractivity (Wildman–Crippen MR) is 75.9 cm³/mol.